The van der Waals surface area contributed by atoms with Crippen LogP contribution in [0.3, 0.4) is 0 Å². The van der Waals surface area contributed by atoms with E-state index in [1.54, 1.807) is 17.8 Å². The third kappa shape index (κ3) is 5.77. The van der Waals surface area contributed by atoms with Crippen LogP contribution in [0.5, 0.6) is 0 Å². The maximum Gasteiger partial charge on any atom is 0.308 e. The first-order valence-corrected chi connectivity index (χ1v) is 8.90. The molecule has 0 spiro atoms. The summed E-state index contributed by atoms with van der Waals surface area (Å²) in [4.78, 5) is 11.1. The Morgan fingerprint density at radius 2 is 2.26 bits per heavy atom. The lowest BCUT2D eigenvalue weighted by molar-refractivity contribution is -0.136. The summed E-state index contributed by atoms with van der Waals surface area (Å²) in [5, 5.41) is 8.63. The molecule has 8 heteroatoms. The van der Waals surface area contributed by atoms with Gasteiger partial charge in [-0.2, -0.15) is 11.8 Å². The molecule has 5 nitrogen and oxygen atoms in total. The minimum atomic E-state index is -3.53. The highest BCUT2D eigenvalue weighted by Crippen LogP contribution is 2.21. The molecule has 1 aromatic rings. The van der Waals surface area contributed by atoms with Crippen molar-refractivity contribution in [3.63, 3.8) is 0 Å². The van der Waals surface area contributed by atoms with Gasteiger partial charge in [-0.05, 0) is 12.1 Å². The summed E-state index contributed by atoms with van der Waals surface area (Å²) < 4.78 is 26.4. The number of hydrogen-bond acceptors (Lipinski definition) is 5. The van der Waals surface area contributed by atoms with Gasteiger partial charge >= 0.3 is 5.97 Å². The highest BCUT2D eigenvalue weighted by atomic mass is 32.2. The van der Waals surface area contributed by atoms with Crippen LogP contribution in [0, 0.1) is 0 Å². The zero-order valence-corrected chi connectivity index (χ0v) is 12.6. The number of thiophene rings is 1. The Bertz CT molecular complexity index is 536. The topological polar surface area (TPSA) is 83.5 Å². The SMILES string of the molecule is C=CCSCCNS(=O)(=O)c1ccc(CC(=O)O)s1. The maximum atomic E-state index is 11.9. The van der Waals surface area contributed by atoms with Gasteiger partial charge in [-0.1, -0.05) is 6.08 Å². The van der Waals surface area contributed by atoms with Crippen LogP contribution < -0.4 is 4.72 Å². The van der Waals surface area contributed by atoms with Crippen LogP contribution >= 0.6 is 23.1 Å². The fourth-order valence-electron chi connectivity index (χ4n) is 1.23. The van der Waals surface area contributed by atoms with Crippen molar-refractivity contribution in [1.82, 2.24) is 4.72 Å². The summed E-state index contributed by atoms with van der Waals surface area (Å²) in [6, 6.07) is 2.96. The predicted molar refractivity (Wildman–Crippen MR) is 78.4 cm³/mol. The lowest BCUT2D eigenvalue weighted by Gasteiger charge is -2.03. The first-order chi connectivity index (χ1) is 8.95. The van der Waals surface area contributed by atoms with E-state index in [9.17, 15) is 13.2 Å². The summed E-state index contributed by atoms with van der Waals surface area (Å²) in [5.41, 5.74) is 0. The fraction of sp³-hybridized carbons (Fsp3) is 0.364. The number of carboxylic acid groups (broad SMARTS) is 1. The van der Waals surface area contributed by atoms with Gasteiger partial charge in [0.15, 0.2) is 0 Å². The minimum Gasteiger partial charge on any atom is -0.481 e. The zero-order valence-electron chi connectivity index (χ0n) is 10.2. The van der Waals surface area contributed by atoms with E-state index in [4.69, 9.17) is 5.11 Å². The van der Waals surface area contributed by atoms with Crippen LogP contribution in [-0.4, -0.2) is 37.5 Å². The van der Waals surface area contributed by atoms with Crippen molar-refractivity contribution in [2.75, 3.05) is 18.1 Å². The Balaban J connectivity index is 2.54. The van der Waals surface area contributed by atoms with Crippen molar-refractivity contribution in [1.29, 1.82) is 0 Å². The van der Waals surface area contributed by atoms with Gasteiger partial charge in [0.05, 0.1) is 6.42 Å². The van der Waals surface area contributed by atoms with Gasteiger partial charge < -0.3 is 5.11 Å². The molecular weight excluding hydrogens is 306 g/mol. The summed E-state index contributed by atoms with van der Waals surface area (Å²) in [6.07, 6.45) is 1.60. The molecule has 0 unspecified atom stereocenters. The number of hydrogen-bond donors (Lipinski definition) is 2. The molecule has 0 aliphatic carbocycles. The third-order valence-corrected chi connectivity index (χ3v) is 6.00. The van der Waals surface area contributed by atoms with Crippen molar-refractivity contribution in [2.45, 2.75) is 10.6 Å². The number of thioether (sulfide) groups is 1. The standard InChI is InChI=1S/C11H15NO4S3/c1-2-6-17-7-5-12-19(15,16)11-4-3-9(18-11)8-10(13)14/h2-4,12H,1,5-8H2,(H,13,14). The van der Waals surface area contributed by atoms with E-state index in [1.165, 1.54) is 12.1 Å². The fourth-order valence-corrected chi connectivity index (χ4v) is 4.36. The van der Waals surface area contributed by atoms with Gasteiger partial charge in [-0.3, -0.25) is 4.79 Å². The van der Waals surface area contributed by atoms with Crippen LogP contribution in [0.2, 0.25) is 0 Å². The Morgan fingerprint density at radius 3 is 2.89 bits per heavy atom. The summed E-state index contributed by atoms with van der Waals surface area (Å²) in [5.74, 6) is 0.474. The highest BCUT2D eigenvalue weighted by molar-refractivity contribution is 7.99. The van der Waals surface area contributed by atoms with Gasteiger partial charge in [0.1, 0.15) is 4.21 Å². The predicted octanol–water partition coefficient (Wildman–Crippen LogP) is 1.57. The van der Waals surface area contributed by atoms with Gasteiger partial charge in [-0.15, -0.1) is 17.9 Å². The van der Waals surface area contributed by atoms with Gasteiger partial charge in [0.2, 0.25) is 10.0 Å². The molecule has 2 N–H and O–H groups in total. The Kier molecular flexibility index (Phi) is 6.56. The Morgan fingerprint density at radius 1 is 1.53 bits per heavy atom. The third-order valence-electron chi connectivity index (χ3n) is 2.00. The van der Waals surface area contributed by atoms with Crippen molar-refractivity contribution >= 4 is 39.1 Å². The lowest BCUT2D eigenvalue weighted by atomic mass is 10.3. The molecule has 1 aromatic heterocycles. The number of aliphatic carboxylic acids is 1. The molecule has 106 valence electrons. The highest BCUT2D eigenvalue weighted by Gasteiger charge is 2.16. The van der Waals surface area contributed by atoms with Crippen molar-refractivity contribution in [3.8, 4) is 0 Å². The first-order valence-electron chi connectivity index (χ1n) is 5.44. The zero-order chi connectivity index (χ0) is 14.3. The average molecular weight is 321 g/mol. The smallest absolute Gasteiger partial charge is 0.308 e. The van der Waals surface area contributed by atoms with Crippen LogP contribution in [0.1, 0.15) is 4.88 Å². The second-order valence-electron chi connectivity index (χ2n) is 3.55. The van der Waals surface area contributed by atoms with Crippen LogP contribution in [0.4, 0.5) is 0 Å². The normalized spacial score (nSPS) is 11.4. The van der Waals surface area contributed by atoms with Gasteiger partial charge in [0, 0.05) is 22.9 Å². The lowest BCUT2D eigenvalue weighted by Crippen LogP contribution is -2.25. The molecule has 0 fully saturated rings. The van der Waals surface area contributed by atoms with E-state index < -0.39 is 16.0 Å². The van der Waals surface area contributed by atoms with Crippen LogP contribution in [0.25, 0.3) is 0 Å². The van der Waals surface area contributed by atoms with Gasteiger partial charge in [0.25, 0.3) is 0 Å². The first kappa shape index (κ1) is 16.2. The molecular formula is C11H15NO4S3. The monoisotopic (exact) mass is 321 g/mol. The summed E-state index contributed by atoms with van der Waals surface area (Å²) in [6.45, 7) is 3.92. The molecule has 0 radical (unpaired) electrons. The average Bonchev–Trinajstić information content (AvgIpc) is 2.77. The van der Waals surface area contributed by atoms with Crippen molar-refractivity contribution in [2.24, 2.45) is 0 Å². The van der Waals surface area contributed by atoms with E-state index in [0.717, 1.165) is 17.1 Å². The number of carbonyl (C=O) groups is 1. The Labute approximate surface area is 120 Å². The molecule has 0 amide bonds. The molecule has 0 aromatic carbocycles. The van der Waals surface area contributed by atoms with Crippen LogP contribution in [-0.2, 0) is 21.2 Å². The number of sulfonamides is 1. The molecule has 1 heterocycles. The molecule has 0 saturated heterocycles. The largest absolute Gasteiger partial charge is 0.481 e. The number of carboxylic acids is 1. The molecule has 0 saturated carbocycles. The second-order valence-corrected chi connectivity index (χ2v) is 7.86. The second kappa shape index (κ2) is 7.68. The van der Waals surface area contributed by atoms with Crippen molar-refractivity contribution < 1.29 is 18.3 Å². The van der Waals surface area contributed by atoms with E-state index >= 15 is 0 Å². The molecule has 0 aliphatic heterocycles. The van der Waals surface area contributed by atoms with E-state index in [2.05, 4.69) is 11.3 Å². The number of nitrogens with one attached hydrogen (secondary N) is 1. The Hall–Kier alpha value is -0.830. The van der Waals surface area contributed by atoms with E-state index in [-0.39, 0.29) is 10.6 Å². The molecule has 19 heavy (non-hydrogen) atoms. The summed E-state index contributed by atoms with van der Waals surface area (Å²) >= 11 is 2.57. The molecule has 0 bridgehead atoms. The maximum absolute atomic E-state index is 11.9. The van der Waals surface area contributed by atoms with Gasteiger partial charge in [-0.25, -0.2) is 13.1 Å². The summed E-state index contributed by atoms with van der Waals surface area (Å²) in [7, 11) is -3.53. The minimum absolute atomic E-state index is 0.150. The molecule has 1 rings (SSSR count). The number of rotatable bonds is 9. The molecule has 0 atom stereocenters. The van der Waals surface area contributed by atoms with Crippen molar-refractivity contribution in [3.05, 3.63) is 29.7 Å². The quantitative estimate of drug-likeness (QED) is 0.533. The molecule has 0 aliphatic rings. The van der Waals surface area contributed by atoms with E-state index in [1.807, 2.05) is 0 Å². The van der Waals surface area contributed by atoms with E-state index in [0.29, 0.717) is 17.2 Å². The van der Waals surface area contributed by atoms with Crippen LogP contribution in [0.15, 0.2) is 29.0 Å².